The molecule has 1 aromatic heterocycles. The van der Waals surface area contributed by atoms with Gasteiger partial charge in [0.25, 0.3) is 5.91 Å². The van der Waals surface area contributed by atoms with Gasteiger partial charge in [0.05, 0.1) is 7.11 Å². The van der Waals surface area contributed by atoms with Gasteiger partial charge in [-0.2, -0.15) is 0 Å². The maximum atomic E-state index is 12.8. The van der Waals surface area contributed by atoms with Gasteiger partial charge in [0.1, 0.15) is 5.56 Å². The minimum absolute atomic E-state index is 0.0155. The summed E-state index contributed by atoms with van der Waals surface area (Å²) in [6.07, 6.45) is 3.60. The zero-order valence-corrected chi connectivity index (χ0v) is 12.4. The SMILES string of the molecule is CCC1CN(C(=O)c2cccnc2OC)C(CC)CN1. The van der Waals surface area contributed by atoms with Crippen LogP contribution in [0.1, 0.15) is 37.0 Å². The van der Waals surface area contributed by atoms with Gasteiger partial charge in [-0.05, 0) is 25.0 Å². The lowest BCUT2D eigenvalue weighted by atomic mass is 10.0. The van der Waals surface area contributed by atoms with E-state index in [0.717, 1.165) is 25.9 Å². The molecule has 0 bridgehead atoms. The fourth-order valence-corrected chi connectivity index (χ4v) is 2.62. The molecule has 1 aliphatic rings. The fraction of sp³-hybridized carbons (Fsp3) is 0.600. The van der Waals surface area contributed by atoms with E-state index in [0.29, 0.717) is 17.5 Å². The quantitative estimate of drug-likeness (QED) is 0.910. The van der Waals surface area contributed by atoms with Gasteiger partial charge in [0.15, 0.2) is 0 Å². The molecule has 1 aliphatic heterocycles. The standard InChI is InChI=1S/C15H23N3O2/c1-4-11-10-18(12(5-2)9-17-11)15(19)13-7-6-8-16-14(13)20-3/h6-8,11-12,17H,4-5,9-10H2,1-3H3. The summed E-state index contributed by atoms with van der Waals surface area (Å²) in [4.78, 5) is 18.9. The van der Waals surface area contributed by atoms with Crippen LogP contribution in [0, 0.1) is 0 Å². The number of amides is 1. The van der Waals surface area contributed by atoms with Crippen molar-refractivity contribution >= 4 is 5.91 Å². The lowest BCUT2D eigenvalue weighted by Gasteiger charge is -2.40. The molecule has 5 nitrogen and oxygen atoms in total. The minimum atomic E-state index is 0.0155. The van der Waals surface area contributed by atoms with Gasteiger partial charge in [-0.3, -0.25) is 4.79 Å². The lowest BCUT2D eigenvalue weighted by molar-refractivity contribution is 0.0572. The van der Waals surface area contributed by atoms with Crippen molar-refractivity contribution in [3.05, 3.63) is 23.9 Å². The van der Waals surface area contributed by atoms with Crippen molar-refractivity contribution in [2.45, 2.75) is 38.8 Å². The summed E-state index contributed by atoms with van der Waals surface area (Å²) in [5.41, 5.74) is 0.546. The average molecular weight is 277 g/mol. The molecule has 0 radical (unpaired) electrons. The second-order valence-electron chi connectivity index (χ2n) is 5.09. The normalized spacial score (nSPS) is 22.6. The number of carbonyl (C=O) groups excluding carboxylic acids is 1. The molecular weight excluding hydrogens is 254 g/mol. The van der Waals surface area contributed by atoms with Crippen LogP contribution >= 0.6 is 0 Å². The average Bonchev–Trinajstić information content (AvgIpc) is 2.53. The van der Waals surface area contributed by atoms with Gasteiger partial charge in [-0.15, -0.1) is 0 Å². The Morgan fingerprint density at radius 3 is 2.95 bits per heavy atom. The Labute approximate surface area is 120 Å². The van der Waals surface area contributed by atoms with E-state index >= 15 is 0 Å². The van der Waals surface area contributed by atoms with Gasteiger partial charge >= 0.3 is 0 Å². The van der Waals surface area contributed by atoms with Crippen LogP contribution in [0.25, 0.3) is 0 Å². The number of methoxy groups -OCH3 is 1. The van der Waals surface area contributed by atoms with Crippen LogP contribution in [0.3, 0.4) is 0 Å². The molecule has 0 saturated carbocycles. The van der Waals surface area contributed by atoms with E-state index in [1.807, 2.05) is 4.90 Å². The molecule has 2 rings (SSSR count). The number of rotatable bonds is 4. The summed E-state index contributed by atoms with van der Waals surface area (Å²) in [6.45, 7) is 5.84. The molecule has 2 unspecified atom stereocenters. The van der Waals surface area contributed by atoms with E-state index in [-0.39, 0.29) is 11.9 Å². The number of aromatic nitrogens is 1. The highest BCUT2D eigenvalue weighted by Gasteiger charge is 2.31. The van der Waals surface area contributed by atoms with Crippen LogP contribution in [0.15, 0.2) is 18.3 Å². The summed E-state index contributed by atoms with van der Waals surface area (Å²) in [7, 11) is 1.54. The predicted octanol–water partition coefficient (Wildman–Crippen LogP) is 1.69. The summed E-state index contributed by atoms with van der Waals surface area (Å²) >= 11 is 0. The summed E-state index contributed by atoms with van der Waals surface area (Å²) < 4.78 is 5.21. The van der Waals surface area contributed by atoms with Gasteiger partial charge < -0.3 is 15.0 Å². The molecule has 1 aromatic rings. The van der Waals surface area contributed by atoms with Crippen LogP contribution in [0.5, 0.6) is 5.88 Å². The number of piperazine rings is 1. The van der Waals surface area contributed by atoms with Crippen LogP contribution < -0.4 is 10.1 Å². The van der Waals surface area contributed by atoms with E-state index in [9.17, 15) is 4.79 Å². The zero-order chi connectivity index (χ0) is 14.5. The molecular formula is C15H23N3O2. The van der Waals surface area contributed by atoms with Crippen molar-refractivity contribution in [2.24, 2.45) is 0 Å². The zero-order valence-electron chi connectivity index (χ0n) is 12.4. The Balaban J connectivity index is 2.24. The van der Waals surface area contributed by atoms with Gasteiger partial charge in [-0.1, -0.05) is 13.8 Å². The van der Waals surface area contributed by atoms with Gasteiger partial charge in [0, 0.05) is 31.4 Å². The number of hydrogen-bond acceptors (Lipinski definition) is 4. The number of nitrogens with zero attached hydrogens (tertiary/aromatic N) is 2. The molecule has 1 saturated heterocycles. The molecule has 0 aromatic carbocycles. The van der Waals surface area contributed by atoms with E-state index in [1.54, 1.807) is 25.4 Å². The number of ether oxygens (including phenoxy) is 1. The Bertz CT molecular complexity index is 464. The van der Waals surface area contributed by atoms with E-state index in [1.165, 1.54) is 0 Å². The molecule has 1 fully saturated rings. The molecule has 0 aliphatic carbocycles. The van der Waals surface area contributed by atoms with Crippen LogP contribution in [-0.2, 0) is 0 Å². The third kappa shape index (κ3) is 2.93. The van der Waals surface area contributed by atoms with Crippen molar-refractivity contribution in [1.29, 1.82) is 0 Å². The highest BCUT2D eigenvalue weighted by atomic mass is 16.5. The Morgan fingerprint density at radius 2 is 2.30 bits per heavy atom. The second-order valence-corrected chi connectivity index (χ2v) is 5.09. The third-order valence-electron chi connectivity index (χ3n) is 3.92. The number of nitrogens with one attached hydrogen (secondary N) is 1. The third-order valence-corrected chi connectivity index (χ3v) is 3.92. The van der Waals surface area contributed by atoms with Gasteiger partial charge in [-0.25, -0.2) is 4.98 Å². The molecule has 2 atom stereocenters. The molecule has 1 amide bonds. The molecule has 0 spiro atoms. The van der Waals surface area contributed by atoms with Crippen molar-refractivity contribution < 1.29 is 9.53 Å². The summed E-state index contributed by atoms with van der Waals surface area (Å²) in [6, 6.07) is 4.15. The summed E-state index contributed by atoms with van der Waals surface area (Å²) in [5, 5.41) is 3.49. The highest BCUT2D eigenvalue weighted by molar-refractivity contribution is 5.96. The minimum Gasteiger partial charge on any atom is -0.480 e. The monoisotopic (exact) mass is 277 g/mol. The maximum Gasteiger partial charge on any atom is 0.259 e. The molecule has 2 heterocycles. The van der Waals surface area contributed by atoms with Crippen molar-refractivity contribution in [3.63, 3.8) is 0 Å². The first kappa shape index (κ1) is 14.8. The van der Waals surface area contributed by atoms with Gasteiger partial charge in [0.2, 0.25) is 5.88 Å². The largest absolute Gasteiger partial charge is 0.480 e. The van der Waals surface area contributed by atoms with Crippen molar-refractivity contribution in [3.8, 4) is 5.88 Å². The van der Waals surface area contributed by atoms with E-state index in [4.69, 9.17) is 4.74 Å². The Hall–Kier alpha value is -1.62. The highest BCUT2D eigenvalue weighted by Crippen LogP contribution is 2.20. The first-order chi connectivity index (χ1) is 9.71. The number of pyridine rings is 1. The van der Waals surface area contributed by atoms with E-state index < -0.39 is 0 Å². The lowest BCUT2D eigenvalue weighted by Crippen LogP contribution is -2.57. The number of carbonyl (C=O) groups is 1. The maximum absolute atomic E-state index is 12.8. The Kier molecular flexibility index (Phi) is 4.95. The van der Waals surface area contributed by atoms with Crippen molar-refractivity contribution in [1.82, 2.24) is 15.2 Å². The first-order valence-electron chi connectivity index (χ1n) is 7.24. The molecule has 20 heavy (non-hydrogen) atoms. The molecule has 5 heteroatoms. The molecule has 110 valence electrons. The second kappa shape index (κ2) is 6.70. The smallest absolute Gasteiger partial charge is 0.259 e. The molecule has 1 N–H and O–H groups in total. The summed E-state index contributed by atoms with van der Waals surface area (Å²) in [5.74, 6) is 0.417. The number of hydrogen-bond donors (Lipinski definition) is 1. The van der Waals surface area contributed by atoms with Crippen molar-refractivity contribution in [2.75, 3.05) is 20.2 Å². The Morgan fingerprint density at radius 1 is 1.50 bits per heavy atom. The topological polar surface area (TPSA) is 54.5 Å². The predicted molar refractivity (Wildman–Crippen MR) is 78.0 cm³/mol. The van der Waals surface area contributed by atoms with Crippen LogP contribution in [0.4, 0.5) is 0 Å². The fourth-order valence-electron chi connectivity index (χ4n) is 2.62. The first-order valence-corrected chi connectivity index (χ1v) is 7.24. The van der Waals surface area contributed by atoms with E-state index in [2.05, 4.69) is 24.1 Å². The van der Waals surface area contributed by atoms with Crippen LogP contribution in [-0.4, -0.2) is 48.1 Å². The van der Waals surface area contributed by atoms with Crippen LogP contribution in [0.2, 0.25) is 0 Å².